The molecule has 0 aromatic heterocycles. The molecule has 1 aliphatic rings. The largest absolute Gasteiger partial charge is 0.316 e. The molecule has 0 bridgehead atoms. The predicted molar refractivity (Wildman–Crippen MR) is 85.9 cm³/mol. The molecule has 1 N–H and O–H groups in total. The maximum atomic E-state index is 12.6. The molecule has 0 aliphatic carbocycles. The zero-order valence-corrected chi connectivity index (χ0v) is 14.1. The number of hydrogen-bond donors (Lipinski definition) is 1. The lowest BCUT2D eigenvalue weighted by atomic mass is 10.1. The smallest absolute Gasteiger partial charge is 0.273 e. The molecule has 1 aromatic rings. The minimum atomic E-state index is -3.69. The van der Waals surface area contributed by atoms with Crippen LogP contribution in [0.15, 0.2) is 23.1 Å². The van der Waals surface area contributed by atoms with E-state index in [0.717, 1.165) is 18.9 Å². The van der Waals surface area contributed by atoms with Gasteiger partial charge in [-0.15, -0.1) is 12.4 Å². The number of likely N-dealkylation sites (N-methyl/N-ethyl adjacent to an activating group) is 1. The Labute approximate surface area is 136 Å². The lowest BCUT2D eigenvalue weighted by molar-refractivity contribution is -0.385. The quantitative estimate of drug-likeness (QED) is 0.659. The van der Waals surface area contributed by atoms with Crippen LogP contribution < -0.4 is 5.32 Å². The molecule has 0 saturated carbocycles. The van der Waals surface area contributed by atoms with E-state index in [2.05, 4.69) is 5.32 Å². The Morgan fingerprint density at radius 1 is 1.41 bits per heavy atom. The van der Waals surface area contributed by atoms with Gasteiger partial charge < -0.3 is 5.32 Å². The van der Waals surface area contributed by atoms with Gasteiger partial charge in [0.1, 0.15) is 0 Å². The molecule has 1 atom stereocenters. The summed E-state index contributed by atoms with van der Waals surface area (Å²) in [6.07, 6.45) is 1.70. The van der Waals surface area contributed by atoms with Gasteiger partial charge in [0.15, 0.2) is 0 Å². The van der Waals surface area contributed by atoms with Gasteiger partial charge in [-0.25, -0.2) is 8.42 Å². The lowest BCUT2D eigenvalue weighted by Crippen LogP contribution is -2.46. The van der Waals surface area contributed by atoms with E-state index in [1.807, 2.05) is 0 Å². The number of piperidine rings is 1. The van der Waals surface area contributed by atoms with Crippen LogP contribution in [0.4, 0.5) is 5.69 Å². The van der Waals surface area contributed by atoms with Crippen molar-refractivity contribution in [2.45, 2.75) is 30.7 Å². The van der Waals surface area contributed by atoms with Gasteiger partial charge in [-0.05, 0) is 32.9 Å². The molecule has 1 unspecified atom stereocenters. The van der Waals surface area contributed by atoms with Crippen LogP contribution in [-0.2, 0) is 10.0 Å². The summed E-state index contributed by atoms with van der Waals surface area (Å²) in [4.78, 5) is 10.4. The maximum Gasteiger partial charge on any atom is 0.273 e. The SMILES string of the molecule is CNC1CCCN(S(=O)(=O)c2ccc(C)c([N+](=O)[O-])c2)C1.Cl. The Kier molecular flexibility index (Phi) is 6.30. The summed E-state index contributed by atoms with van der Waals surface area (Å²) in [5.41, 5.74) is 0.281. The topological polar surface area (TPSA) is 92.6 Å². The Morgan fingerprint density at radius 2 is 2.09 bits per heavy atom. The fourth-order valence-corrected chi connectivity index (χ4v) is 4.04. The summed E-state index contributed by atoms with van der Waals surface area (Å²) in [5.74, 6) is 0. The molecule has 1 aliphatic heterocycles. The molecule has 124 valence electrons. The summed E-state index contributed by atoms with van der Waals surface area (Å²) >= 11 is 0. The van der Waals surface area contributed by atoms with Crippen LogP contribution in [0.2, 0.25) is 0 Å². The molecule has 2 rings (SSSR count). The summed E-state index contributed by atoms with van der Waals surface area (Å²) in [6.45, 7) is 2.43. The van der Waals surface area contributed by atoms with Crippen LogP contribution in [0.5, 0.6) is 0 Å². The van der Waals surface area contributed by atoms with E-state index in [1.165, 1.54) is 16.4 Å². The van der Waals surface area contributed by atoms with Crippen molar-refractivity contribution < 1.29 is 13.3 Å². The predicted octanol–water partition coefficient (Wildman–Crippen LogP) is 1.70. The number of nitrogens with zero attached hydrogens (tertiary/aromatic N) is 2. The van der Waals surface area contributed by atoms with E-state index < -0.39 is 14.9 Å². The number of nitro groups is 1. The Morgan fingerprint density at radius 3 is 2.68 bits per heavy atom. The average molecular weight is 350 g/mol. The standard InChI is InChI=1S/C13H19N3O4S.ClH/c1-10-5-6-12(8-13(10)16(17)18)21(19,20)15-7-3-4-11(9-15)14-2;/h5-6,8,11,14H,3-4,7,9H2,1-2H3;1H. The minimum Gasteiger partial charge on any atom is -0.316 e. The van der Waals surface area contributed by atoms with Gasteiger partial charge in [0.2, 0.25) is 10.0 Å². The molecule has 1 aromatic carbocycles. The Hall–Kier alpha value is -1.22. The molecule has 9 heteroatoms. The molecule has 22 heavy (non-hydrogen) atoms. The number of aryl methyl sites for hydroxylation is 1. The molecule has 1 fully saturated rings. The van der Waals surface area contributed by atoms with Gasteiger partial charge in [0, 0.05) is 30.8 Å². The van der Waals surface area contributed by atoms with Crippen LogP contribution in [0.3, 0.4) is 0 Å². The first-order valence-electron chi connectivity index (χ1n) is 6.78. The third-order valence-electron chi connectivity index (χ3n) is 3.81. The molecule has 0 amide bonds. The number of sulfonamides is 1. The van der Waals surface area contributed by atoms with Crippen molar-refractivity contribution in [2.24, 2.45) is 0 Å². The Balaban J connectivity index is 0.00000242. The van der Waals surface area contributed by atoms with Gasteiger partial charge in [-0.3, -0.25) is 10.1 Å². The summed E-state index contributed by atoms with van der Waals surface area (Å²) in [7, 11) is -1.89. The monoisotopic (exact) mass is 349 g/mol. The summed E-state index contributed by atoms with van der Waals surface area (Å²) < 4.78 is 26.6. The molecule has 0 spiro atoms. The normalized spacial score (nSPS) is 19.5. The third-order valence-corrected chi connectivity index (χ3v) is 5.67. The van der Waals surface area contributed by atoms with Crippen molar-refractivity contribution in [1.29, 1.82) is 0 Å². The van der Waals surface area contributed by atoms with Gasteiger partial charge in [-0.2, -0.15) is 4.31 Å². The first-order chi connectivity index (χ1) is 9.86. The maximum absolute atomic E-state index is 12.6. The van der Waals surface area contributed by atoms with E-state index >= 15 is 0 Å². The van der Waals surface area contributed by atoms with E-state index in [4.69, 9.17) is 0 Å². The molecule has 1 saturated heterocycles. The van der Waals surface area contributed by atoms with Crippen LogP contribution >= 0.6 is 12.4 Å². The number of halogens is 1. The van der Waals surface area contributed by atoms with Crippen LogP contribution in [0.1, 0.15) is 18.4 Å². The minimum absolute atomic E-state index is 0. The lowest BCUT2D eigenvalue weighted by Gasteiger charge is -2.31. The first kappa shape index (κ1) is 18.8. The van der Waals surface area contributed by atoms with Crippen molar-refractivity contribution in [2.75, 3.05) is 20.1 Å². The second-order valence-electron chi connectivity index (χ2n) is 5.20. The van der Waals surface area contributed by atoms with Crippen LogP contribution in [0.25, 0.3) is 0 Å². The number of nitrogens with one attached hydrogen (secondary N) is 1. The van der Waals surface area contributed by atoms with Gasteiger partial charge in [0.05, 0.1) is 9.82 Å². The summed E-state index contributed by atoms with van der Waals surface area (Å²) in [6, 6.07) is 4.17. The average Bonchev–Trinajstić information content (AvgIpc) is 2.47. The molecule has 0 radical (unpaired) electrons. The van der Waals surface area contributed by atoms with Gasteiger partial charge in [-0.1, -0.05) is 6.07 Å². The molecule has 1 heterocycles. The second-order valence-corrected chi connectivity index (χ2v) is 7.13. The van der Waals surface area contributed by atoms with Crippen molar-refractivity contribution in [3.05, 3.63) is 33.9 Å². The zero-order valence-electron chi connectivity index (χ0n) is 12.5. The zero-order chi connectivity index (χ0) is 15.6. The van der Waals surface area contributed by atoms with E-state index in [1.54, 1.807) is 14.0 Å². The fourth-order valence-electron chi connectivity index (χ4n) is 2.49. The Bertz CT molecular complexity index is 651. The molecule has 7 nitrogen and oxygen atoms in total. The van der Waals surface area contributed by atoms with Crippen molar-refractivity contribution in [1.82, 2.24) is 9.62 Å². The highest BCUT2D eigenvalue weighted by molar-refractivity contribution is 7.89. The first-order valence-corrected chi connectivity index (χ1v) is 8.22. The number of rotatable bonds is 4. The van der Waals surface area contributed by atoms with Crippen LogP contribution in [0, 0.1) is 17.0 Å². The highest BCUT2D eigenvalue weighted by atomic mass is 35.5. The molecular formula is C13H20ClN3O4S. The molecular weight excluding hydrogens is 330 g/mol. The van der Waals surface area contributed by atoms with Crippen molar-refractivity contribution in [3.63, 3.8) is 0 Å². The second kappa shape index (κ2) is 7.36. The highest BCUT2D eigenvalue weighted by Gasteiger charge is 2.30. The van der Waals surface area contributed by atoms with E-state index in [0.29, 0.717) is 18.7 Å². The third kappa shape index (κ3) is 3.75. The fraction of sp³-hybridized carbons (Fsp3) is 0.538. The van der Waals surface area contributed by atoms with Gasteiger partial charge >= 0.3 is 0 Å². The van der Waals surface area contributed by atoms with Crippen LogP contribution in [-0.4, -0.2) is 43.8 Å². The summed E-state index contributed by atoms with van der Waals surface area (Å²) in [5, 5.41) is 14.0. The van der Waals surface area contributed by atoms with Gasteiger partial charge in [0.25, 0.3) is 5.69 Å². The highest BCUT2D eigenvalue weighted by Crippen LogP contribution is 2.26. The van der Waals surface area contributed by atoms with Crippen molar-refractivity contribution in [3.8, 4) is 0 Å². The van der Waals surface area contributed by atoms with E-state index in [-0.39, 0.29) is 29.0 Å². The number of hydrogen-bond acceptors (Lipinski definition) is 5. The number of benzene rings is 1. The van der Waals surface area contributed by atoms with Crippen molar-refractivity contribution >= 4 is 28.1 Å². The van der Waals surface area contributed by atoms with E-state index in [9.17, 15) is 18.5 Å². The number of nitro benzene ring substituents is 1.